The van der Waals surface area contributed by atoms with Crippen molar-refractivity contribution in [2.75, 3.05) is 13.2 Å². The first-order valence-electron chi connectivity index (χ1n) is 11.1. The summed E-state index contributed by atoms with van der Waals surface area (Å²) in [6.45, 7) is 10.7. The molecule has 0 radical (unpaired) electrons. The Kier molecular flexibility index (Phi) is 9.72. The summed E-state index contributed by atoms with van der Waals surface area (Å²) in [4.78, 5) is 24.2. The zero-order valence-electron chi connectivity index (χ0n) is 19.7. The summed E-state index contributed by atoms with van der Waals surface area (Å²) >= 11 is 1.62. The fourth-order valence-electron chi connectivity index (χ4n) is 3.10. The van der Waals surface area contributed by atoms with Gasteiger partial charge in [0.1, 0.15) is 11.4 Å². The Morgan fingerprint density at radius 1 is 1.22 bits per heavy atom. The summed E-state index contributed by atoms with van der Waals surface area (Å²) in [6.07, 6.45) is 2.46. The molecule has 2 N–H and O–H groups in total. The number of aliphatic carboxylic acids is 1. The molecule has 32 heavy (non-hydrogen) atoms. The van der Waals surface area contributed by atoms with E-state index in [1.165, 1.54) is 0 Å². The summed E-state index contributed by atoms with van der Waals surface area (Å²) in [5.41, 5.74) is 2.50. The van der Waals surface area contributed by atoms with Crippen LogP contribution < -0.4 is 10.1 Å². The van der Waals surface area contributed by atoms with Crippen LogP contribution in [-0.4, -0.2) is 35.8 Å². The Morgan fingerprint density at radius 2 is 1.97 bits per heavy atom. The van der Waals surface area contributed by atoms with Gasteiger partial charge in [-0.05, 0) is 62.3 Å². The maximum Gasteiger partial charge on any atom is 0.320 e. The van der Waals surface area contributed by atoms with Crippen molar-refractivity contribution >= 4 is 23.3 Å². The standard InChI is InChI=1S/C25H35NO5S/c1-6-7-10-30-22-12-18(11-17(2)24(28)29)8-9-21(22)19-13-20(32-16-19)14-26-15-23(27)31-25(3,4)5/h8-9,12-13,16-17,26H,6-7,10-11,14-15H2,1-5H3,(H,28,29). The first-order valence-corrected chi connectivity index (χ1v) is 12.0. The third-order valence-corrected chi connectivity index (χ3v) is 5.66. The highest BCUT2D eigenvalue weighted by Gasteiger charge is 2.17. The Morgan fingerprint density at radius 3 is 2.62 bits per heavy atom. The number of hydrogen-bond acceptors (Lipinski definition) is 6. The highest BCUT2D eigenvalue weighted by molar-refractivity contribution is 7.10. The second-order valence-corrected chi connectivity index (χ2v) is 9.96. The Balaban J connectivity index is 2.09. The lowest BCUT2D eigenvalue weighted by molar-refractivity contribution is -0.153. The number of nitrogens with one attached hydrogen (secondary N) is 1. The van der Waals surface area contributed by atoms with E-state index in [1.807, 2.05) is 39.0 Å². The quantitative estimate of drug-likeness (QED) is 0.330. The molecule has 1 aromatic heterocycles. The number of carboxylic acids is 1. The van der Waals surface area contributed by atoms with Crippen molar-refractivity contribution < 1.29 is 24.2 Å². The van der Waals surface area contributed by atoms with Crippen molar-refractivity contribution in [2.24, 2.45) is 5.92 Å². The third-order valence-electron chi connectivity index (χ3n) is 4.72. The highest BCUT2D eigenvalue weighted by Crippen LogP contribution is 2.34. The molecule has 0 fully saturated rings. The largest absolute Gasteiger partial charge is 0.493 e. The van der Waals surface area contributed by atoms with Gasteiger partial charge in [0, 0.05) is 17.0 Å². The fourth-order valence-corrected chi connectivity index (χ4v) is 3.95. The van der Waals surface area contributed by atoms with E-state index in [9.17, 15) is 14.7 Å². The van der Waals surface area contributed by atoms with Gasteiger partial charge >= 0.3 is 11.9 Å². The topological polar surface area (TPSA) is 84.9 Å². The minimum Gasteiger partial charge on any atom is -0.493 e. The van der Waals surface area contributed by atoms with Gasteiger partial charge in [0.2, 0.25) is 0 Å². The van der Waals surface area contributed by atoms with Crippen LogP contribution in [0, 0.1) is 5.92 Å². The molecular weight excluding hydrogens is 426 g/mol. The maximum atomic E-state index is 11.9. The first kappa shape index (κ1) is 25.9. The van der Waals surface area contributed by atoms with Crippen LogP contribution in [0.5, 0.6) is 5.75 Å². The Labute approximate surface area is 194 Å². The van der Waals surface area contributed by atoms with Crippen LogP contribution in [0.1, 0.15) is 57.9 Å². The van der Waals surface area contributed by atoms with Crippen molar-refractivity contribution in [1.29, 1.82) is 0 Å². The molecule has 1 unspecified atom stereocenters. The molecule has 7 heteroatoms. The fraction of sp³-hybridized carbons (Fsp3) is 0.520. The minimum absolute atomic E-state index is 0.159. The number of esters is 1. The van der Waals surface area contributed by atoms with Crippen LogP contribution in [0.25, 0.3) is 11.1 Å². The van der Waals surface area contributed by atoms with E-state index >= 15 is 0 Å². The third kappa shape index (κ3) is 8.63. The molecule has 0 aliphatic rings. The van der Waals surface area contributed by atoms with E-state index in [0.29, 0.717) is 19.6 Å². The number of benzene rings is 1. The Bertz CT molecular complexity index is 900. The van der Waals surface area contributed by atoms with Gasteiger partial charge in [-0.2, -0.15) is 0 Å². The van der Waals surface area contributed by atoms with Crippen molar-refractivity contribution in [2.45, 2.75) is 66.0 Å². The smallest absolute Gasteiger partial charge is 0.320 e. The first-order chi connectivity index (χ1) is 15.1. The summed E-state index contributed by atoms with van der Waals surface area (Å²) < 4.78 is 11.4. The number of carboxylic acid groups (broad SMARTS) is 1. The van der Waals surface area contributed by atoms with Crippen LogP contribution >= 0.6 is 11.3 Å². The van der Waals surface area contributed by atoms with Gasteiger partial charge in [-0.25, -0.2) is 0 Å². The number of carbonyl (C=O) groups excluding carboxylic acids is 1. The number of thiophene rings is 1. The molecule has 0 amide bonds. The van der Waals surface area contributed by atoms with E-state index in [2.05, 4.69) is 23.7 Å². The molecule has 6 nitrogen and oxygen atoms in total. The average molecular weight is 462 g/mol. The van der Waals surface area contributed by atoms with Gasteiger partial charge in [-0.1, -0.05) is 32.4 Å². The van der Waals surface area contributed by atoms with E-state index in [1.54, 1.807) is 18.3 Å². The predicted molar refractivity (Wildman–Crippen MR) is 128 cm³/mol. The lowest BCUT2D eigenvalue weighted by Gasteiger charge is -2.19. The number of carbonyl (C=O) groups is 2. The van der Waals surface area contributed by atoms with Crippen molar-refractivity contribution in [3.05, 3.63) is 40.1 Å². The maximum absolute atomic E-state index is 11.9. The van der Waals surface area contributed by atoms with Crippen LogP contribution in [0.15, 0.2) is 29.6 Å². The SMILES string of the molecule is CCCCOc1cc(CC(C)C(=O)O)ccc1-c1csc(CNCC(=O)OC(C)(C)C)c1. The summed E-state index contributed by atoms with van der Waals surface area (Å²) in [6, 6.07) is 8.03. The highest BCUT2D eigenvalue weighted by atomic mass is 32.1. The molecule has 0 aliphatic carbocycles. The van der Waals surface area contributed by atoms with Gasteiger partial charge < -0.3 is 19.9 Å². The molecule has 0 spiro atoms. The summed E-state index contributed by atoms with van der Waals surface area (Å²) in [5, 5.41) is 14.4. The van der Waals surface area contributed by atoms with Crippen LogP contribution in [-0.2, 0) is 27.3 Å². The van der Waals surface area contributed by atoms with E-state index < -0.39 is 17.5 Å². The molecule has 0 saturated carbocycles. The van der Waals surface area contributed by atoms with E-state index in [4.69, 9.17) is 9.47 Å². The molecule has 2 aromatic rings. The number of rotatable bonds is 12. The number of hydrogen-bond donors (Lipinski definition) is 2. The molecule has 0 aliphatic heterocycles. The zero-order valence-corrected chi connectivity index (χ0v) is 20.5. The number of unbranched alkanes of at least 4 members (excludes halogenated alkanes) is 1. The van der Waals surface area contributed by atoms with Crippen LogP contribution in [0.2, 0.25) is 0 Å². The van der Waals surface area contributed by atoms with Gasteiger partial charge in [0.25, 0.3) is 0 Å². The molecule has 1 heterocycles. The lowest BCUT2D eigenvalue weighted by Crippen LogP contribution is -2.31. The average Bonchev–Trinajstić information content (AvgIpc) is 3.15. The summed E-state index contributed by atoms with van der Waals surface area (Å²) in [7, 11) is 0. The second-order valence-electron chi connectivity index (χ2n) is 8.97. The van der Waals surface area contributed by atoms with Gasteiger partial charge in [-0.15, -0.1) is 11.3 Å². The normalized spacial score (nSPS) is 12.4. The van der Waals surface area contributed by atoms with Gasteiger partial charge in [0.05, 0.1) is 19.1 Å². The zero-order chi connectivity index (χ0) is 23.7. The molecule has 0 saturated heterocycles. The van der Waals surface area contributed by atoms with E-state index in [0.717, 1.165) is 40.2 Å². The van der Waals surface area contributed by atoms with Gasteiger partial charge in [-0.3, -0.25) is 9.59 Å². The van der Waals surface area contributed by atoms with Crippen LogP contribution in [0.4, 0.5) is 0 Å². The predicted octanol–water partition coefficient (Wildman–Crippen LogP) is 5.29. The summed E-state index contributed by atoms with van der Waals surface area (Å²) in [5.74, 6) is -0.747. The van der Waals surface area contributed by atoms with Crippen LogP contribution in [0.3, 0.4) is 0 Å². The monoisotopic (exact) mass is 461 g/mol. The van der Waals surface area contributed by atoms with Crippen molar-refractivity contribution in [3.63, 3.8) is 0 Å². The second kappa shape index (κ2) is 12.0. The molecule has 176 valence electrons. The molecule has 1 atom stereocenters. The lowest BCUT2D eigenvalue weighted by atomic mass is 9.98. The van der Waals surface area contributed by atoms with E-state index in [-0.39, 0.29) is 12.5 Å². The van der Waals surface area contributed by atoms with Crippen molar-refractivity contribution in [3.8, 4) is 16.9 Å². The molecule has 1 aromatic carbocycles. The van der Waals surface area contributed by atoms with Crippen molar-refractivity contribution in [1.82, 2.24) is 5.32 Å². The number of ether oxygens (including phenoxy) is 2. The molecule has 2 rings (SSSR count). The molecule has 0 bridgehead atoms. The Hall–Kier alpha value is -2.38. The van der Waals surface area contributed by atoms with Gasteiger partial charge in [0.15, 0.2) is 0 Å². The minimum atomic E-state index is -0.802. The molecular formula is C25H35NO5S.